The molecule has 2 atom stereocenters. The number of nitrogens with one attached hydrogen (secondary N) is 1. The summed E-state index contributed by atoms with van der Waals surface area (Å²) in [6.45, 7) is 6.98. The summed E-state index contributed by atoms with van der Waals surface area (Å²) in [7, 11) is 0. The van der Waals surface area contributed by atoms with E-state index in [-0.39, 0.29) is 23.9 Å². The second-order valence-electron chi connectivity index (χ2n) is 7.07. The van der Waals surface area contributed by atoms with Crippen LogP contribution >= 0.6 is 0 Å². The summed E-state index contributed by atoms with van der Waals surface area (Å²) < 4.78 is 0. The number of carbonyl (C=O) groups is 2. The fourth-order valence-electron chi connectivity index (χ4n) is 3.84. The van der Waals surface area contributed by atoms with E-state index in [9.17, 15) is 9.59 Å². The lowest BCUT2D eigenvalue weighted by molar-refractivity contribution is -0.152. The molecule has 1 aliphatic heterocycles. The first-order valence-electron chi connectivity index (χ1n) is 8.65. The van der Waals surface area contributed by atoms with Crippen LogP contribution in [-0.2, 0) is 9.59 Å². The summed E-state index contributed by atoms with van der Waals surface area (Å²) in [5.74, 6) is 0.990. The molecule has 2 rings (SSSR count). The molecule has 2 unspecified atom stereocenters. The van der Waals surface area contributed by atoms with Gasteiger partial charge < -0.3 is 10.2 Å². The van der Waals surface area contributed by atoms with Crippen LogP contribution in [0.5, 0.6) is 0 Å². The molecule has 4 heteroatoms. The van der Waals surface area contributed by atoms with Gasteiger partial charge in [-0.1, -0.05) is 40.0 Å². The number of nitrogens with zero attached hydrogens (tertiary/aromatic N) is 1. The molecule has 120 valence electrons. The van der Waals surface area contributed by atoms with Crippen LogP contribution in [-0.4, -0.2) is 35.3 Å². The zero-order valence-corrected chi connectivity index (χ0v) is 13.7. The number of carbonyl (C=O) groups excluding carboxylic acids is 2. The van der Waals surface area contributed by atoms with Crippen LogP contribution in [0.3, 0.4) is 0 Å². The molecular formula is C17H30N2O2. The van der Waals surface area contributed by atoms with Gasteiger partial charge in [0.15, 0.2) is 0 Å². The molecule has 1 heterocycles. The van der Waals surface area contributed by atoms with Gasteiger partial charge in [0.2, 0.25) is 11.8 Å². The van der Waals surface area contributed by atoms with Crippen LogP contribution in [0.1, 0.15) is 65.7 Å². The summed E-state index contributed by atoms with van der Waals surface area (Å²) >= 11 is 0. The summed E-state index contributed by atoms with van der Waals surface area (Å²) in [5, 5.41) is 3.00. The summed E-state index contributed by atoms with van der Waals surface area (Å²) in [4.78, 5) is 27.3. The van der Waals surface area contributed by atoms with Gasteiger partial charge in [0.1, 0.15) is 12.1 Å². The summed E-state index contributed by atoms with van der Waals surface area (Å²) in [5.41, 5.74) is 0. The average Bonchev–Trinajstić information content (AvgIpc) is 2.45. The van der Waals surface area contributed by atoms with Gasteiger partial charge in [0.25, 0.3) is 0 Å². The minimum absolute atomic E-state index is 0.0839. The van der Waals surface area contributed by atoms with Crippen LogP contribution < -0.4 is 5.32 Å². The fourth-order valence-corrected chi connectivity index (χ4v) is 3.84. The maximum Gasteiger partial charge on any atom is 0.245 e. The Bertz CT molecular complexity index is 375. The van der Waals surface area contributed by atoms with E-state index in [0.717, 1.165) is 25.7 Å². The lowest BCUT2D eigenvalue weighted by atomic mass is 9.81. The van der Waals surface area contributed by atoms with E-state index < -0.39 is 0 Å². The maximum absolute atomic E-state index is 12.8. The van der Waals surface area contributed by atoms with Crippen molar-refractivity contribution in [2.24, 2.45) is 11.8 Å². The van der Waals surface area contributed by atoms with Crippen molar-refractivity contribution in [1.82, 2.24) is 10.2 Å². The zero-order valence-electron chi connectivity index (χ0n) is 13.7. The van der Waals surface area contributed by atoms with Crippen molar-refractivity contribution < 1.29 is 9.59 Å². The molecule has 21 heavy (non-hydrogen) atoms. The van der Waals surface area contributed by atoms with Crippen molar-refractivity contribution in [1.29, 1.82) is 0 Å². The molecule has 0 spiro atoms. The van der Waals surface area contributed by atoms with E-state index in [4.69, 9.17) is 0 Å². The third-order valence-corrected chi connectivity index (χ3v) is 4.77. The lowest BCUT2D eigenvalue weighted by Gasteiger charge is -2.43. The topological polar surface area (TPSA) is 49.4 Å². The predicted molar refractivity (Wildman–Crippen MR) is 83.8 cm³/mol. The normalized spacial score (nSPS) is 28.1. The van der Waals surface area contributed by atoms with Gasteiger partial charge >= 0.3 is 0 Å². The maximum atomic E-state index is 12.8. The van der Waals surface area contributed by atoms with Crippen LogP contribution in [0.2, 0.25) is 0 Å². The fraction of sp³-hybridized carbons (Fsp3) is 0.882. The Kier molecular flexibility index (Phi) is 5.65. The highest BCUT2D eigenvalue weighted by molar-refractivity contribution is 5.97. The Morgan fingerprint density at radius 2 is 1.86 bits per heavy atom. The molecule has 0 radical (unpaired) electrons. The van der Waals surface area contributed by atoms with Gasteiger partial charge in [-0.25, -0.2) is 0 Å². The molecule has 2 amide bonds. The molecule has 0 bridgehead atoms. The molecule has 1 saturated heterocycles. The molecule has 0 aromatic carbocycles. The van der Waals surface area contributed by atoms with Gasteiger partial charge in [-0.2, -0.15) is 0 Å². The number of hydrogen-bond donors (Lipinski definition) is 1. The molecular weight excluding hydrogens is 264 g/mol. The predicted octanol–water partition coefficient (Wildman–Crippen LogP) is 2.72. The average molecular weight is 294 g/mol. The molecule has 1 aliphatic carbocycles. The first-order valence-corrected chi connectivity index (χ1v) is 8.65. The summed E-state index contributed by atoms with van der Waals surface area (Å²) in [6.07, 6.45) is 7.47. The smallest absolute Gasteiger partial charge is 0.245 e. The quantitative estimate of drug-likeness (QED) is 0.847. The zero-order chi connectivity index (χ0) is 15.4. The molecule has 0 aromatic heterocycles. The van der Waals surface area contributed by atoms with Crippen LogP contribution in [0.25, 0.3) is 0 Å². The Morgan fingerprint density at radius 3 is 2.43 bits per heavy atom. The number of rotatable bonds is 5. The van der Waals surface area contributed by atoms with E-state index in [1.54, 1.807) is 0 Å². The second kappa shape index (κ2) is 7.28. The van der Waals surface area contributed by atoms with Gasteiger partial charge in [-0.05, 0) is 37.5 Å². The standard InChI is InChI=1S/C17H30N2O2/c1-4-10-19-15(13-8-6-5-7-9-13)16(20)18-14(17(19)21)11-12(2)3/h12-15H,4-11H2,1-3H3,(H,18,20). The van der Waals surface area contributed by atoms with Crippen molar-refractivity contribution in [2.75, 3.05) is 6.54 Å². The van der Waals surface area contributed by atoms with Gasteiger partial charge in [0.05, 0.1) is 0 Å². The van der Waals surface area contributed by atoms with Crippen molar-refractivity contribution in [3.8, 4) is 0 Å². The van der Waals surface area contributed by atoms with E-state index >= 15 is 0 Å². The van der Waals surface area contributed by atoms with Gasteiger partial charge in [-0.15, -0.1) is 0 Å². The largest absolute Gasteiger partial charge is 0.342 e. The highest BCUT2D eigenvalue weighted by Gasteiger charge is 2.43. The SMILES string of the molecule is CCCN1C(=O)C(CC(C)C)NC(=O)C1C1CCCCC1. The van der Waals surface area contributed by atoms with Crippen molar-refractivity contribution in [2.45, 2.75) is 77.8 Å². The highest BCUT2D eigenvalue weighted by Crippen LogP contribution is 2.31. The molecule has 0 aromatic rings. The van der Waals surface area contributed by atoms with Crippen molar-refractivity contribution in [3.05, 3.63) is 0 Å². The minimum Gasteiger partial charge on any atom is -0.342 e. The van der Waals surface area contributed by atoms with Crippen LogP contribution in [0.4, 0.5) is 0 Å². The molecule has 1 saturated carbocycles. The van der Waals surface area contributed by atoms with E-state index in [2.05, 4.69) is 26.1 Å². The van der Waals surface area contributed by atoms with Crippen LogP contribution in [0.15, 0.2) is 0 Å². The minimum atomic E-state index is -0.316. The first kappa shape index (κ1) is 16.3. The second-order valence-corrected chi connectivity index (χ2v) is 7.07. The Hall–Kier alpha value is -1.06. The molecule has 2 aliphatic rings. The summed E-state index contributed by atoms with van der Waals surface area (Å²) in [6, 6.07) is -0.537. The lowest BCUT2D eigenvalue weighted by Crippen LogP contribution is -2.65. The monoisotopic (exact) mass is 294 g/mol. The molecule has 2 fully saturated rings. The van der Waals surface area contributed by atoms with Crippen molar-refractivity contribution >= 4 is 11.8 Å². The Balaban J connectivity index is 2.15. The highest BCUT2D eigenvalue weighted by atomic mass is 16.2. The van der Waals surface area contributed by atoms with Crippen molar-refractivity contribution in [3.63, 3.8) is 0 Å². The van der Waals surface area contributed by atoms with Gasteiger partial charge in [-0.3, -0.25) is 9.59 Å². The molecule has 4 nitrogen and oxygen atoms in total. The van der Waals surface area contributed by atoms with E-state index in [1.165, 1.54) is 19.3 Å². The van der Waals surface area contributed by atoms with Crippen LogP contribution in [0, 0.1) is 11.8 Å². The van der Waals surface area contributed by atoms with E-state index in [1.807, 2.05) is 4.90 Å². The van der Waals surface area contributed by atoms with Gasteiger partial charge in [0, 0.05) is 6.54 Å². The number of amides is 2. The first-order chi connectivity index (χ1) is 10.0. The Morgan fingerprint density at radius 1 is 1.19 bits per heavy atom. The van der Waals surface area contributed by atoms with E-state index in [0.29, 0.717) is 18.4 Å². The third kappa shape index (κ3) is 3.78. The molecule has 1 N–H and O–H groups in total. The number of piperazine rings is 1. The third-order valence-electron chi connectivity index (χ3n) is 4.77. The number of hydrogen-bond acceptors (Lipinski definition) is 2. The Labute approximate surface area is 128 Å².